The Kier molecular flexibility index (Phi) is 10.2. The third-order valence-corrected chi connectivity index (χ3v) is 5.33. The van der Waals surface area contributed by atoms with Crippen LogP contribution >= 0.6 is 24.0 Å². The number of hydrogen-bond acceptors (Lipinski definition) is 4. The fourth-order valence-corrected chi connectivity index (χ4v) is 3.57. The van der Waals surface area contributed by atoms with Gasteiger partial charge in [0, 0.05) is 50.6 Å². The lowest BCUT2D eigenvalue weighted by Crippen LogP contribution is -2.46. The first kappa shape index (κ1) is 24.3. The van der Waals surface area contributed by atoms with Crippen molar-refractivity contribution in [3.8, 4) is 5.75 Å². The van der Waals surface area contributed by atoms with Crippen molar-refractivity contribution in [2.75, 3.05) is 56.6 Å². The number of benzene rings is 2. The molecule has 0 radical (unpaired) electrons. The molecule has 2 aromatic rings. The SMILES string of the molecule is CCc1cccc(NC(N)=NCCCN2CCN(c3ccc(OC)cc3)CC2)c1.I. The zero-order chi connectivity index (χ0) is 20.5. The van der Waals surface area contributed by atoms with Gasteiger partial charge in [-0.2, -0.15) is 0 Å². The van der Waals surface area contributed by atoms with Gasteiger partial charge in [-0.25, -0.2) is 0 Å². The van der Waals surface area contributed by atoms with Crippen LogP contribution in [0.1, 0.15) is 18.9 Å². The lowest BCUT2D eigenvalue weighted by atomic mass is 10.1. The van der Waals surface area contributed by atoms with Crippen LogP contribution in [0.5, 0.6) is 5.75 Å². The van der Waals surface area contributed by atoms with E-state index in [9.17, 15) is 0 Å². The molecule has 2 aromatic carbocycles. The van der Waals surface area contributed by atoms with Gasteiger partial charge in [-0.05, 0) is 54.8 Å². The fourth-order valence-electron chi connectivity index (χ4n) is 3.57. The molecule has 0 spiro atoms. The van der Waals surface area contributed by atoms with Crippen molar-refractivity contribution < 1.29 is 4.74 Å². The van der Waals surface area contributed by atoms with E-state index in [0.29, 0.717) is 5.96 Å². The summed E-state index contributed by atoms with van der Waals surface area (Å²) in [6.45, 7) is 8.19. The third kappa shape index (κ3) is 7.36. The maximum Gasteiger partial charge on any atom is 0.193 e. The Labute approximate surface area is 197 Å². The van der Waals surface area contributed by atoms with Gasteiger partial charge in [-0.1, -0.05) is 19.1 Å². The van der Waals surface area contributed by atoms with Gasteiger partial charge in [-0.15, -0.1) is 24.0 Å². The van der Waals surface area contributed by atoms with Gasteiger partial charge in [0.2, 0.25) is 0 Å². The van der Waals surface area contributed by atoms with E-state index >= 15 is 0 Å². The number of halogens is 1. The average Bonchev–Trinajstić information content (AvgIpc) is 2.77. The van der Waals surface area contributed by atoms with E-state index in [2.05, 4.69) is 51.3 Å². The van der Waals surface area contributed by atoms with Gasteiger partial charge in [0.05, 0.1) is 7.11 Å². The average molecular weight is 523 g/mol. The lowest BCUT2D eigenvalue weighted by molar-refractivity contribution is 0.256. The maximum absolute atomic E-state index is 6.03. The Balaban J connectivity index is 0.00000320. The van der Waals surface area contributed by atoms with Crippen molar-refractivity contribution in [2.45, 2.75) is 19.8 Å². The Morgan fingerprint density at radius 2 is 1.83 bits per heavy atom. The number of nitrogens with two attached hydrogens (primary N) is 1. The van der Waals surface area contributed by atoms with Crippen LogP contribution in [0.2, 0.25) is 0 Å². The second kappa shape index (κ2) is 12.6. The van der Waals surface area contributed by atoms with Crippen molar-refractivity contribution in [3.05, 3.63) is 54.1 Å². The summed E-state index contributed by atoms with van der Waals surface area (Å²) in [5.41, 5.74) is 9.58. The number of anilines is 2. The summed E-state index contributed by atoms with van der Waals surface area (Å²) in [4.78, 5) is 9.41. The first-order chi connectivity index (χ1) is 14.2. The summed E-state index contributed by atoms with van der Waals surface area (Å²) in [5, 5.41) is 3.19. The first-order valence-corrected chi connectivity index (χ1v) is 10.4. The number of aryl methyl sites for hydroxylation is 1. The number of rotatable bonds is 8. The summed E-state index contributed by atoms with van der Waals surface area (Å²) in [6, 6.07) is 16.6. The van der Waals surface area contributed by atoms with Gasteiger partial charge >= 0.3 is 0 Å². The molecule has 1 fully saturated rings. The largest absolute Gasteiger partial charge is 0.497 e. The van der Waals surface area contributed by atoms with Crippen LogP contribution in [0.4, 0.5) is 11.4 Å². The van der Waals surface area contributed by atoms with E-state index in [0.717, 1.165) is 63.5 Å². The predicted octanol–water partition coefficient (Wildman–Crippen LogP) is 3.81. The molecule has 1 heterocycles. The standard InChI is InChI=1S/C23H33N5O.HI/c1-3-19-6-4-7-20(18-19)26-23(24)25-12-5-13-27-14-16-28(17-15-27)21-8-10-22(29-2)11-9-21;/h4,6-11,18H,3,5,12-17H2,1-2H3,(H3,24,25,26);1H. The van der Waals surface area contributed by atoms with E-state index in [1.165, 1.54) is 11.3 Å². The number of methoxy groups -OCH3 is 1. The molecule has 0 aromatic heterocycles. The second-order valence-corrected chi connectivity index (χ2v) is 7.33. The monoisotopic (exact) mass is 523 g/mol. The Bertz CT molecular complexity index is 788. The smallest absolute Gasteiger partial charge is 0.193 e. The van der Waals surface area contributed by atoms with Gasteiger partial charge < -0.3 is 20.7 Å². The van der Waals surface area contributed by atoms with Crippen LogP contribution in [-0.4, -0.2) is 57.2 Å². The van der Waals surface area contributed by atoms with Crippen LogP contribution in [0, 0.1) is 0 Å². The van der Waals surface area contributed by atoms with Gasteiger partial charge in [-0.3, -0.25) is 9.89 Å². The van der Waals surface area contributed by atoms with Gasteiger partial charge in [0.15, 0.2) is 5.96 Å². The molecule has 164 valence electrons. The minimum Gasteiger partial charge on any atom is -0.497 e. The Morgan fingerprint density at radius 3 is 2.50 bits per heavy atom. The lowest BCUT2D eigenvalue weighted by Gasteiger charge is -2.36. The molecular formula is C23H34IN5O. The van der Waals surface area contributed by atoms with Crippen LogP contribution < -0.4 is 20.7 Å². The highest BCUT2D eigenvalue weighted by molar-refractivity contribution is 14.0. The molecule has 0 unspecified atom stereocenters. The number of guanidine groups is 1. The summed E-state index contributed by atoms with van der Waals surface area (Å²) in [6.07, 6.45) is 2.03. The molecule has 0 atom stereocenters. The fraction of sp³-hybridized carbons (Fsp3) is 0.435. The molecule has 3 N–H and O–H groups in total. The zero-order valence-electron chi connectivity index (χ0n) is 18.0. The topological polar surface area (TPSA) is 66.1 Å². The normalized spacial score (nSPS) is 14.9. The summed E-state index contributed by atoms with van der Waals surface area (Å²) < 4.78 is 5.24. The predicted molar refractivity (Wildman–Crippen MR) is 138 cm³/mol. The Morgan fingerprint density at radius 1 is 1.10 bits per heavy atom. The van der Waals surface area contributed by atoms with Crippen molar-refractivity contribution >= 4 is 41.3 Å². The molecule has 30 heavy (non-hydrogen) atoms. The van der Waals surface area contributed by atoms with Crippen LogP contribution in [-0.2, 0) is 6.42 Å². The highest BCUT2D eigenvalue weighted by atomic mass is 127. The molecule has 6 nitrogen and oxygen atoms in total. The van der Waals surface area contributed by atoms with Crippen LogP contribution in [0.3, 0.4) is 0 Å². The molecule has 3 rings (SSSR count). The number of nitrogens with one attached hydrogen (secondary N) is 1. The maximum atomic E-state index is 6.03. The molecule has 7 heteroatoms. The highest BCUT2D eigenvalue weighted by Gasteiger charge is 2.16. The molecular weight excluding hydrogens is 489 g/mol. The second-order valence-electron chi connectivity index (χ2n) is 7.33. The van der Waals surface area contributed by atoms with Crippen molar-refractivity contribution in [1.29, 1.82) is 0 Å². The van der Waals surface area contributed by atoms with E-state index in [1.807, 2.05) is 24.3 Å². The van der Waals surface area contributed by atoms with Gasteiger partial charge in [0.1, 0.15) is 5.75 Å². The van der Waals surface area contributed by atoms with Crippen molar-refractivity contribution in [1.82, 2.24) is 4.90 Å². The van der Waals surface area contributed by atoms with Crippen LogP contribution in [0.15, 0.2) is 53.5 Å². The van der Waals surface area contributed by atoms with Crippen LogP contribution in [0.25, 0.3) is 0 Å². The molecule has 1 aliphatic rings. The molecule has 0 aliphatic carbocycles. The van der Waals surface area contributed by atoms with E-state index in [1.54, 1.807) is 7.11 Å². The molecule has 1 aliphatic heterocycles. The highest BCUT2D eigenvalue weighted by Crippen LogP contribution is 2.20. The summed E-state index contributed by atoms with van der Waals surface area (Å²) >= 11 is 0. The van der Waals surface area contributed by atoms with Gasteiger partial charge in [0.25, 0.3) is 0 Å². The minimum absolute atomic E-state index is 0. The Hall–Kier alpha value is -2.00. The molecule has 0 saturated carbocycles. The molecule has 1 saturated heterocycles. The van der Waals surface area contributed by atoms with E-state index in [4.69, 9.17) is 10.5 Å². The zero-order valence-corrected chi connectivity index (χ0v) is 20.3. The number of hydrogen-bond donors (Lipinski definition) is 2. The number of ether oxygens (including phenoxy) is 1. The van der Waals surface area contributed by atoms with Crippen molar-refractivity contribution in [3.63, 3.8) is 0 Å². The summed E-state index contributed by atoms with van der Waals surface area (Å²) in [7, 11) is 1.70. The number of piperazine rings is 1. The summed E-state index contributed by atoms with van der Waals surface area (Å²) in [5.74, 6) is 1.39. The quantitative estimate of drug-likeness (QED) is 0.239. The molecule has 0 bridgehead atoms. The van der Waals surface area contributed by atoms with Crippen molar-refractivity contribution in [2.24, 2.45) is 10.7 Å². The number of nitrogens with zero attached hydrogens (tertiary/aromatic N) is 3. The minimum atomic E-state index is 0. The van der Waals surface area contributed by atoms with E-state index < -0.39 is 0 Å². The first-order valence-electron chi connectivity index (χ1n) is 10.4. The molecule has 0 amide bonds. The number of aliphatic imine (C=N–C) groups is 1. The van der Waals surface area contributed by atoms with E-state index in [-0.39, 0.29) is 24.0 Å². The third-order valence-electron chi connectivity index (χ3n) is 5.33.